The second-order valence-electron chi connectivity index (χ2n) is 5.54. The van der Waals surface area contributed by atoms with Gasteiger partial charge in [-0.15, -0.1) is 0 Å². The van der Waals surface area contributed by atoms with Gasteiger partial charge in [-0.05, 0) is 48.7 Å². The molecule has 0 radical (unpaired) electrons. The highest BCUT2D eigenvalue weighted by Crippen LogP contribution is 2.20. The van der Waals surface area contributed by atoms with Gasteiger partial charge in [-0.2, -0.15) is 0 Å². The minimum atomic E-state index is -1.09. The number of carboxylic acids is 1. The molecule has 25 heavy (non-hydrogen) atoms. The third-order valence-corrected chi connectivity index (χ3v) is 3.62. The van der Waals surface area contributed by atoms with Crippen LogP contribution in [-0.2, 0) is 11.2 Å². The van der Waals surface area contributed by atoms with E-state index in [1.54, 1.807) is 19.2 Å². The molecule has 0 unspecified atom stereocenters. The van der Waals surface area contributed by atoms with E-state index >= 15 is 0 Å². The van der Waals surface area contributed by atoms with Gasteiger partial charge in [-0.1, -0.05) is 18.2 Å². The predicted octanol–water partition coefficient (Wildman–Crippen LogP) is 2.44. The zero-order valence-corrected chi connectivity index (χ0v) is 14.2. The summed E-state index contributed by atoms with van der Waals surface area (Å²) in [4.78, 5) is 23.0. The van der Waals surface area contributed by atoms with Gasteiger partial charge in [0, 0.05) is 6.54 Å². The smallest absolute Gasteiger partial charge is 0.339 e. The Morgan fingerprint density at radius 3 is 2.48 bits per heavy atom. The second kappa shape index (κ2) is 8.73. The molecule has 0 atom stereocenters. The van der Waals surface area contributed by atoms with Gasteiger partial charge < -0.3 is 19.9 Å². The van der Waals surface area contributed by atoms with E-state index in [-0.39, 0.29) is 23.8 Å². The third kappa shape index (κ3) is 5.53. The van der Waals surface area contributed by atoms with Gasteiger partial charge in [0.25, 0.3) is 5.91 Å². The fourth-order valence-corrected chi connectivity index (χ4v) is 2.26. The van der Waals surface area contributed by atoms with Crippen LogP contribution in [0.2, 0.25) is 0 Å². The van der Waals surface area contributed by atoms with Crippen LogP contribution < -0.4 is 14.8 Å². The molecular formula is C19H21NO5. The molecule has 0 spiro atoms. The number of aromatic carboxylic acids is 1. The van der Waals surface area contributed by atoms with Crippen molar-refractivity contribution in [2.24, 2.45) is 0 Å². The molecule has 2 N–H and O–H groups in total. The number of methoxy groups -OCH3 is 1. The molecule has 0 bridgehead atoms. The topological polar surface area (TPSA) is 84.9 Å². The van der Waals surface area contributed by atoms with Crippen molar-refractivity contribution in [2.75, 3.05) is 20.3 Å². The van der Waals surface area contributed by atoms with Crippen molar-refractivity contribution in [1.82, 2.24) is 5.32 Å². The molecule has 0 heterocycles. The van der Waals surface area contributed by atoms with Gasteiger partial charge in [-0.3, -0.25) is 4.79 Å². The van der Waals surface area contributed by atoms with E-state index in [1.807, 2.05) is 31.2 Å². The summed E-state index contributed by atoms with van der Waals surface area (Å²) < 4.78 is 10.5. The standard InChI is InChI=1S/C19H21NO5/c1-13-3-8-16(19(22)23)17(11-13)25-12-18(21)20-10-9-14-4-6-15(24-2)7-5-14/h3-8,11H,9-10,12H2,1-2H3,(H,20,21)(H,22,23). The summed E-state index contributed by atoms with van der Waals surface area (Å²) in [6.45, 7) is 2.06. The normalized spacial score (nSPS) is 10.2. The number of rotatable bonds is 8. The highest BCUT2D eigenvalue weighted by atomic mass is 16.5. The lowest BCUT2D eigenvalue weighted by atomic mass is 10.1. The number of carbonyl (C=O) groups is 2. The molecule has 0 aromatic heterocycles. The monoisotopic (exact) mass is 343 g/mol. The second-order valence-corrected chi connectivity index (χ2v) is 5.54. The van der Waals surface area contributed by atoms with Crippen molar-refractivity contribution in [3.05, 3.63) is 59.2 Å². The zero-order chi connectivity index (χ0) is 18.2. The van der Waals surface area contributed by atoms with Crippen LogP contribution in [0.1, 0.15) is 21.5 Å². The van der Waals surface area contributed by atoms with Gasteiger partial charge in [0.15, 0.2) is 6.61 Å². The number of ether oxygens (including phenoxy) is 2. The van der Waals surface area contributed by atoms with Crippen molar-refractivity contribution < 1.29 is 24.2 Å². The first-order chi connectivity index (χ1) is 12.0. The minimum Gasteiger partial charge on any atom is -0.497 e. The minimum absolute atomic E-state index is 0.0385. The molecule has 6 nitrogen and oxygen atoms in total. The maximum Gasteiger partial charge on any atom is 0.339 e. The Kier molecular flexibility index (Phi) is 6.39. The summed E-state index contributed by atoms with van der Waals surface area (Å²) in [5.41, 5.74) is 1.98. The van der Waals surface area contributed by atoms with Crippen molar-refractivity contribution in [1.29, 1.82) is 0 Å². The number of benzene rings is 2. The van der Waals surface area contributed by atoms with Crippen LogP contribution in [0.15, 0.2) is 42.5 Å². The zero-order valence-electron chi connectivity index (χ0n) is 14.2. The Hall–Kier alpha value is -3.02. The Labute approximate surface area is 146 Å². The summed E-state index contributed by atoms with van der Waals surface area (Å²) >= 11 is 0. The number of hydrogen-bond acceptors (Lipinski definition) is 4. The fraction of sp³-hybridized carbons (Fsp3) is 0.263. The molecule has 6 heteroatoms. The first-order valence-corrected chi connectivity index (χ1v) is 7.86. The molecule has 2 aromatic carbocycles. The molecule has 2 aromatic rings. The Bertz CT molecular complexity index is 740. The van der Waals surface area contributed by atoms with Crippen LogP contribution in [0.3, 0.4) is 0 Å². The maximum atomic E-state index is 11.9. The molecule has 132 valence electrons. The Morgan fingerprint density at radius 2 is 1.84 bits per heavy atom. The van der Waals surface area contributed by atoms with Gasteiger partial charge in [0.05, 0.1) is 7.11 Å². The molecule has 0 saturated heterocycles. The highest BCUT2D eigenvalue weighted by molar-refractivity contribution is 5.91. The fourth-order valence-electron chi connectivity index (χ4n) is 2.26. The quantitative estimate of drug-likeness (QED) is 0.769. The predicted molar refractivity (Wildman–Crippen MR) is 93.3 cm³/mol. The van der Waals surface area contributed by atoms with Crippen molar-refractivity contribution in [3.8, 4) is 11.5 Å². The van der Waals surface area contributed by atoms with Crippen molar-refractivity contribution in [3.63, 3.8) is 0 Å². The molecule has 0 saturated carbocycles. The summed E-state index contributed by atoms with van der Waals surface area (Å²) in [5, 5.41) is 11.9. The molecule has 1 amide bonds. The molecular weight excluding hydrogens is 322 g/mol. The third-order valence-electron chi connectivity index (χ3n) is 3.62. The van der Waals surface area contributed by atoms with E-state index in [1.165, 1.54) is 6.07 Å². The molecule has 0 aliphatic carbocycles. The number of hydrogen-bond donors (Lipinski definition) is 2. The Morgan fingerprint density at radius 1 is 1.12 bits per heavy atom. The summed E-state index contributed by atoms with van der Waals surface area (Å²) in [5.74, 6) is -0.410. The van der Waals surface area contributed by atoms with E-state index in [0.29, 0.717) is 13.0 Å². The van der Waals surface area contributed by atoms with E-state index in [0.717, 1.165) is 16.9 Å². The first-order valence-electron chi connectivity index (χ1n) is 7.86. The van der Waals surface area contributed by atoms with Crippen molar-refractivity contribution in [2.45, 2.75) is 13.3 Å². The van der Waals surface area contributed by atoms with Crippen LogP contribution in [0.25, 0.3) is 0 Å². The van der Waals surface area contributed by atoms with E-state index in [9.17, 15) is 9.59 Å². The van der Waals surface area contributed by atoms with Crippen LogP contribution >= 0.6 is 0 Å². The highest BCUT2D eigenvalue weighted by Gasteiger charge is 2.12. The molecule has 0 aliphatic heterocycles. The Balaban J connectivity index is 1.81. The summed E-state index contributed by atoms with van der Waals surface area (Å²) in [6, 6.07) is 12.4. The lowest BCUT2D eigenvalue weighted by Gasteiger charge is -2.10. The van der Waals surface area contributed by atoms with E-state index < -0.39 is 5.97 Å². The average molecular weight is 343 g/mol. The number of carboxylic acid groups (broad SMARTS) is 1. The average Bonchev–Trinajstić information content (AvgIpc) is 2.60. The van der Waals surface area contributed by atoms with E-state index in [4.69, 9.17) is 14.6 Å². The maximum absolute atomic E-state index is 11.9. The largest absolute Gasteiger partial charge is 0.497 e. The SMILES string of the molecule is COc1ccc(CCNC(=O)COc2cc(C)ccc2C(=O)O)cc1. The number of aryl methyl sites for hydroxylation is 1. The van der Waals surface area contributed by atoms with Crippen LogP contribution in [0.5, 0.6) is 11.5 Å². The molecule has 0 fully saturated rings. The van der Waals surface area contributed by atoms with Crippen LogP contribution in [0.4, 0.5) is 0 Å². The van der Waals surface area contributed by atoms with Gasteiger partial charge in [-0.25, -0.2) is 4.79 Å². The van der Waals surface area contributed by atoms with Gasteiger partial charge >= 0.3 is 5.97 Å². The van der Waals surface area contributed by atoms with Gasteiger partial charge in [0.1, 0.15) is 17.1 Å². The molecule has 0 aliphatic rings. The first kappa shape index (κ1) is 18.3. The number of carbonyl (C=O) groups excluding carboxylic acids is 1. The lowest BCUT2D eigenvalue weighted by Crippen LogP contribution is -2.30. The van der Waals surface area contributed by atoms with Crippen LogP contribution in [0, 0.1) is 6.92 Å². The molecule has 2 rings (SSSR count). The number of amides is 1. The van der Waals surface area contributed by atoms with Gasteiger partial charge in [0.2, 0.25) is 0 Å². The summed E-state index contributed by atoms with van der Waals surface area (Å²) in [6.07, 6.45) is 0.681. The number of nitrogens with one attached hydrogen (secondary N) is 1. The van der Waals surface area contributed by atoms with E-state index in [2.05, 4.69) is 5.32 Å². The summed E-state index contributed by atoms with van der Waals surface area (Å²) in [7, 11) is 1.61. The van der Waals surface area contributed by atoms with Crippen LogP contribution in [-0.4, -0.2) is 37.2 Å². The lowest BCUT2D eigenvalue weighted by molar-refractivity contribution is -0.123. The van der Waals surface area contributed by atoms with Crippen molar-refractivity contribution >= 4 is 11.9 Å².